The Kier molecular flexibility index (Phi) is 4.67. The maximum absolute atomic E-state index is 10.00. The molecule has 0 fully saturated rings. The molecule has 0 rings (SSSR count). The quantitative estimate of drug-likeness (QED) is 0.574. The second-order valence-electron chi connectivity index (χ2n) is 1.92. The zero-order valence-corrected chi connectivity index (χ0v) is 6.57. The molecule has 0 aromatic heterocycles. The summed E-state index contributed by atoms with van der Waals surface area (Å²) < 4.78 is 0. The Morgan fingerprint density at radius 3 is 2.78 bits per heavy atom. The Hall–Kier alpha value is -0.115. The zero-order chi connectivity index (χ0) is 7.28. The van der Waals surface area contributed by atoms with Crippen LogP contribution in [0.2, 0.25) is 0 Å². The molecule has 0 spiro atoms. The predicted molar refractivity (Wildman–Crippen MR) is 42.7 cm³/mol. The first-order valence-electron chi connectivity index (χ1n) is 3.00. The van der Waals surface area contributed by atoms with Crippen molar-refractivity contribution in [1.82, 2.24) is 0 Å². The summed E-state index contributed by atoms with van der Waals surface area (Å²) in [4.78, 5) is 10.00. The third kappa shape index (κ3) is 5.76. The van der Waals surface area contributed by atoms with Crippen LogP contribution >= 0.6 is 11.8 Å². The predicted octanol–water partition coefficient (Wildman–Crippen LogP) is 0.173. The molecule has 0 saturated heterocycles. The SMILES string of the molecule is BC(CC)SCC(=O)O. The van der Waals surface area contributed by atoms with Gasteiger partial charge in [0.25, 0.3) is 0 Å². The van der Waals surface area contributed by atoms with Crippen molar-refractivity contribution in [2.24, 2.45) is 0 Å². The van der Waals surface area contributed by atoms with Crippen molar-refractivity contribution in [3.8, 4) is 0 Å². The highest BCUT2D eigenvalue weighted by atomic mass is 32.2. The van der Waals surface area contributed by atoms with Gasteiger partial charge in [-0.3, -0.25) is 4.79 Å². The lowest BCUT2D eigenvalue weighted by Crippen LogP contribution is -2.06. The Morgan fingerprint density at radius 2 is 2.44 bits per heavy atom. The van der Waals surface area contributed by atoms with Crippen molar-refractivity contribution in [2.75, 3.05) is 5.75 Å². The fourth-order valence-corrected chi connectivity index (χ4v) is 0.994. The van der Waals surface area contributed by atoms with Crippen LogP contribution < -0.4 is 0 Å². The molecular formula is C5H11BO2S. The minimum Gasteiger partial charge on any atom is -0.481 e. The zero-order valence-electron chi connectivity index (χ0n) is 5.76. The topological polar surface area (TPSA) is 37.3 Å². The van der Waals surface area contributed by atoms with E-state index in [1.807, 2.05) is 7.85 Å². The van der Waals surface area contributed by atoms with Crippen LogP contribution in [0.5, 0.6) is 0 Å². The van der Waals surface area contributed by atoms with Gasteiger partial charge in [0.15, 0.2) is 0 Å². The van der Waals surface area contributed by atoms with Gasteiger partial charge in [-0.2, -0.15) is 11.8 Å². The number of carbonyl (C=O) groups is 1. The third-order valence-corrected chi connectivity index (χ3v) is 2.38. The van der Waals surface area contributed by atoms with Gasteiger partial charge in [-0.25, -0.2) is 0 Å². The van der Waals surface area contributed by atoms with E-state index < -0.39 is 5.97 Å². The van der Waals surface area contributed by atoms with E-state index in [0.717, 1.165) is 6.42 Å². The highest BCUT2D eigenvalue weighted by Crippen LogP contribution is 2.09. The molecule has 0 aliphatic rings. The van der Waals surface area contributed by atoms with E-state index in [1.165, 1.54) is 11.8 Å². The van der Waals surface area contributed by atoms with Crippen LogP contribution in [0, 0.1) is 0 Å². The standard InChI is InChI=1S/C5H11BO2S/c1-2-4(6)9-3-5(7)8/h4H,2-3,6H2,1H3,(H,7,8). The van der Waals surface area contributed by atoms with Crippen molar-refractivity contribution in [1.29, 1.82) is 0 Å². The molecule has 9 heavy (non-hydrogen) atoms. The van der Waals surface area contributed by atoms with E-state index in [4.69, 9.17) is 5.11 Å². The number of carboxylic acids is 1. The molecule has 1 N–H and O–H groups in total. The average Bonchev–Trinajstić information content (AvgIpc) is 1.83. The first kappa shape index (κ1) is 8.88. The molecule has 1 atom stereocenters. The van der Waals surface area contributed by atoms with Crippen molar-refractivity contribution >= 4 is 25.6 Å². The Labute approximate surface area is 60.4 Å². The summed E-state index contributed by atoms with van der Waals surface area (Å²) in [6.07, 6.45) is 1.04. The number of aliphatic carboxylic acids is 1. The fourth-order valence-electron chi connectivity index (χ4n) is 0.331. The van der Waals surface area contributed by atoms with Gasteiger partial charge in [0.2, 0.25) is 0 Å². The number of rotatable bonds is 4. The van der Waals surface area contributed by atoms with Crippen molar-refractivity contribution < 1.29 is 9.90 Å². The summed E-state index contributed by atoms with van der Waals surface area (Å²) in [7, 11) is 2.04. The summed E-state index contributed by atoms with van der Waals surface area (Å²) in [6.45, 7) is 2.06. The summed E-state index contributed by atoms with van der Waals surface area (Å²) >= 11 is 1.48. The van der Waals surface area contributed by atoms with Gasteiger partial charge in [0, 0.05) is 0 Å². The van der Waals surface area contributed by atoms with Crippen LogP contribution in [0.25, 0.3) is 0 Å². The molecule has 2 nitrogen and oxygen atoms in total. The van der Waals surface area contributed by atoms with Gasteiger partial charge in [-0.15, -0.1) is 0 Å². The molecule has 0 bridgehead atoms. The molecule has 0 heterocycles. The number of carboxylic acid groups (broad SMARTS) is 1. The summed E-state index contributed by atoms with van der Waals surface area (Å²) in [5, 5.41) is 8.71. The monoisotopic (exact) mass is 146 g/mol. The van der Waals surface area contributed by atoms with Crippen LogP contribution in [-0.2, 0) is 4.79 Å². The van der Waals surface area contributed by atoms with Crippen LogP contribution in [0.15, 0.2) is 0 Å². The lowest BCUT2D eigenvalue weighted by atomic mass is 10.0. The Bertz CT molecular complexity index is 97.0. The maximum Gasteiger partial charge on any atom is 0.313 e. The summed E-state index contributed by atoms with van der Waals surface area (Å²) in [5.41, 5.74) is 0. The largest absolute Gasteiger partial charge is 0.481 e. The number of hydrogen-bond acceptors (Lipinski definition) is 2. The smallest absolute Gasteiger partial charge is 0.313 e. The van der Waals surface area contributed by atoms with Gasteiger partial charge in [-0.1, -0.05) is 13.3 Å². The van der Waals surface area contributed by atoms with Crippen LogP contribution in [0.3, 0.4) is 0 Å². The van der Waals surface area contributed by atoms with Gasteiger partial charge in [0.1, 0.15) is 7.85 Å². The van der Waals surface area contributed by atoms with Crippen LogP contribution in [0.1, 0.15) is 13.3 Å². The van der Waals surface area contributed by atoms with Crippen molar-refractivity contribution in [3.63, 3.8) is 0 Å². The molecule has 0 saturated carbocycles. The second kappa shape index (κ2) is 4.73. The first-order chi connectivity index (χ1) is 4.16. The van der Waals surface area contributed by atoms with Crippen LogP contribution in [0.4, 0.5) is 0 Å². The van der Waals surface area contributed by atoms with Gasteiger partial charge in [0.05, 0.1) is 5.75 Å². The lowest BCUT2D eigenvalue weighted by molar-refractivity contribution is -0.133. The molecule has 0 amide bonds. The molecule has 52 valence electrons. The van der Waals surface area contributed by atoms with E-state index in [9.17, 15) is 4.79 Å². The van der Waals surface area contributed by atoms with E-state index in [2.05, 4.69) is 6.92 Å². The molecule has 0 radical (unpaired) electrons. The second-order valence-corrected chi connectivity index (χ2v) is 3.35. The van der Waals surface area contributed by atoms with Crippen molar-refractivity contribution in [3.05, 3.63) is 0 Å². The molecule has 0 aliphatic heterocycles. The maximum atomic E-state index is 10.00. The minimum atomic E-state index is -0.722. The number of hydrogen-bond donors (Lipinski definition) is 1. The Balaban J connectivity index is 3.16. The van der Waals surface area contributed by atoms with E-state index in [0.29, 0.717) is 5.15 Å². The molecule has 0 aromatic carbocycles. The fraction of sp³-hybridized carbons (Fsp3) is 0.800. The minimum absolute atomic E-state index is 0.231. The van der Waals surface area contributed by atoms with Gasteiger partial charge in [-0.05, 0) is 5.15 Å². The van der Waals surface area contributed by atoms with Crippen molar-refractivity contribution in [2.45, 2.75) is 18.5 Å². The lowest BCUT2D eigenvalue weighted by Gasteiger charge is -2.03. The number of thioether (sulfide) groups is 1. The van der Waals surface area contributed by atoms with Gasteiger partial charge < -0.3 is 5.11 Å². The normalized spacial score (nSPS) is 13.0. The highest BCUT2D eigenvalue weighted by molar-refractivity contribution is 8.01. The molecule has 1 unspecified atom stereocenters. The Morgan fingerprint density at radius 1 is 1.89 bits per heavy atom. The molecular weight excluding hydrogens is 135 g/mol. The third-order valence-electron chi connectivity index (χ3n) is 1.07. The summed E-state index contributed by atoms with van der Waals surface area (Å²) in [5.74, 6) is -0.491. The van der Waals surface area contributed by atoms with Crippen LogP contribution in [-0.4, -0.2) is 29.8 Å². The summed E-state index contributed by atoms with van der Waals surface area (Å²) in [6, 6.07) is 0. The molecule has 4 heteroatoms. The first-order valence-corrected chi connectivity index (χ1v) is 4.05. The molecule has 0 aliphatic carbocycles. The highest BCUT2D eigenvalue weighted by Gasteiger charge is 2.01. The van der Waals surface area contributed by atoms with Gasteiger partial charge >= 0.3 is 5.97 Å². The van der Waals surface area contributed by atoms with E-state index >= 15 is 0 Å². The molecule has 0 aromatic rings. The van der Waals surface area contributed by atoms with E-state index in [1.54, 1.807) is 0 Å². The average molecular weight is 146 g/mol. The van der Waals surface area contributed by atoms with E-state index in [-0.39, 0.29) is 5.75 Å².